The van der Waals surface area contributed by atoms with E-state index in [1.54, 1.807) is 0 Å². The Hall–Kier alpha value is -1.55. The van der Waals surface area contributed by atoms with Gasteiger partial charge in [0.1, 0.15) is 12.4 Å². The standard InChI is InChI=1S/C18H25NO3/c1-14-6-2-3-10-19(14)18(20)15-7-4-8-16(12-15)22-13-17-9-5-11-21-17/h4,7-8,12,14,17H,2-3,5-6,9-11,13H2,1H3. The van der Waals surface area contributed by atoms with E-state index in [1.165, 1.54) is 6.42 Å². The molecule has 0 aliphatic carbocycles. The smallest absolute Gasteiger partial charge is 0.254 e. The number of hydrogen-bond acceptors (Lipinski definition) is 3. The second kappa shape index (κ2) is 7.14. The SMILES string of the molecule is CC1CCCCN1C(=O)c1cccc(OCC2CCCO2)c1. The number of hydrogen-bond donors (Lipinski definition) is 0. The number of likely N-dealkylation sites (tertiary alicyclic amines) is 1. The summed E-state index contributed by atoms with van der Waals surface area (Å²) in [6.45, 7) is 4.40. The fraction of sp³-hybridized carbons (Fsp3) is 0.611. The fourth-order valence-electron chi connectivity index (χ4n) is 3.25. The number of amides is 1. The number of ether oxygens (including phenoxy) is 2. The molecule has 4 heteroatoms. The number of benzene rings is 1. The van der Waals surface area contributed by atoms with E-state index >= 15 is 0 Å². The zero-order chi connectivity index (χ0) is 15.4. The molecule has 0 spiro atoms. The molecule has 0 radical (unpaired) electrons. The van der Waals surface area contributed by atoms with Crippen LogP contribution in [0.15, 0.2) is 24.3 Å². The van der Waals surface area contributed by atoms with Crippen molar-refractivity contribution in [3.05, 3.63) is 29.8 Å². The molecule has 1 aromatic rings. The fourth-order valence-corrected chi connectivity index (χ4v) is 3.25. The summed E-state index contributed by atoms with van der Waals surface area (Å²) in [5, 5.41) is 0. The van der Waals surface area contributed by atoms with Gasteiger partial charge in [0, 0.05) is 24.8 Å². The summed E-state index contributed by atoms with van der Waals surface area (Å²) in [6, 6.07) is 7.87. The highest BCUT2D eigenvalue weighted by Gasteiger charge is 2.24. The zero-order valence-electron chi connectivity index (χ0n) is 13.3. The van der Waals surface area contributed by atoms with Crippen LogP contribution in [0.4, 0.5) is 0 Å². The van der Waals surface area contributed by atoms with Crippen molar-refractivity contribution < 1.29 is 14.3 Å². The Bertz CT molecular complexity index is 511. The minimum Gasteiger partial charge on any atom is -0.491 e. The summed E-state index contributed by atoms with van der Waals surface area (Å²) in [6.07, 6.45) is 5.78. The van der Waals surface area contributed by atoms with Crippen LogP contribution in [0.3, 0.4) is 0 Å². The first-order valence-corrected chi connectivity index (χ1v) is 8.39. The minimum absolute atomic E-state index is 0.120. The Kier molecular flexibility index (Phi) is 4.98. The van der Waals surface area contributed by atoms with Gasteiger partial charge in [-0.3, -0.25) is 4.79 Å². The molecule has 3 rings (SSSR count). The summed E-state index contributed by atoms with van der Waals surface area (Å²) < 4.78 is 11.4. The van der Waals surface area contributed by atoms with E-state index < -0.39 is 0 Å². The Labute approximate surface area is 132 Å². The highest BCUT2D eigenvalue weighted by Crippen LogP contribution is 2.22. The minimum atomic E-state index is 0.120. The molecule has 2 unspecified atom stereocenters. The van der Waals surface area contributed by atoms with Crippen molar-refractivity contribution in [2.75, 3.05) is 19.8 Å². The molecular weight excluding hydrogens is 278 g/mol. The summed E-state index contributed by atoms with van der Waals surface area (Å²) in [4.78, 5) is 14.7. The molecule has 0 aromatic heterocycles. The first-order valence-electron chi connectivity index (χ1n) is 8.39. The van der Waals surface area contributed by atoms with Crippen molar-refractivity contribution in [3.8, 4) is 5.75 Å². The van der Waals surface area contributed by atoms with Gasteiger partial charge >= 0.3 is 0 Å². The molecule has 0 bridgehead atoms. The van der Waals surface area contributed by atoms with Gasteiger partial charge in [-0.25, -0.2) is 0 Å². The maximum atomic E-state index is 12.7. The highest BCUT2D eigenvalue weighted by atomic mass is 16.5. The van der Waals surface area contributed by atoms with Crippen molar-refractivity contribution in [1.82, 2.24) is 4.90 Å². The monoisotopic (exact) mass is 303 g/mol. The molecule has 4 nitrogen and oxygen atoms in total. The largest absolute Gasteiger partial charge is 0.491 e. The van der Waals surface area contributed by atoms with Crippen LogP contribution < -0.4 is 4.74 Å². The van der Waals surface area contributed by atoms with Crippen LogP contribution in [-0.4, -0.2) is 42.7 Å². The normalized spacial score (nSPS) is 25.2. The van der Waals surface area contributed by atoms with E-state index in [0.29, 0.717) is 12.6 Å². The Morgan fingerprint density at radius 2 is 2.23 bits per heavy atom. The lowest BCUT2D eigenvalue weighted by atomic mass is 10.0. The summed E-state index contributed by atoms with van der Waals surface area (Å²) in [5.74, 6) is 0.876. The number of carbonyl (C=O) groups is 1. The van der Waals surface area contributed by atoms with Gasteiger partial charge in [0.05, 0.1) is 6.10 Å². The van der Waals surface area contributed by atoms with Gasteiger partial charge in [0.25, 0.3) is 5.91 Å². The Morgan fingerprint density at radius 1 is 1.32 bits per heavy atom. The van der Waals surface area contributed by atoms with Crippen LogP contribution in [0.1, 0.15) is 49.4 Å². The third-order valence-corrected chi connectivity index (χ3v) is 4.60. The molecule has 22 heavy (non-hydrogen) atoms. The predicted molar refractivity (Wildman–Crippen MR) is 85.3 cm³/mol. The van der Waals surface area contributed by atoms with Gasteiger partial charge in [0.15, 0.2) is 0 Å². The number of rotatable bonds is 4. The topological polar surface area (TPSA) is 38.8 Å². The number of carbonyl (C=O) groups excluding carboxylic acids is 1. The molecule has 2 fully saturated rings. The molecule has 2 heterocycles. The van der Waals surface area contributed by atoms with Crippen LogP contribution in [0.5, 0.6) is 5.75 Å². The summed E-state index contributed by atoms with van der Waals surface area (Å²) in [5.41, 5.74) is 0.721. The average Bonchev–Trinajstić information content (AvgIpc) is 3.06. The first kappa shape index (κ1) is 15.3. The van der Waals surface area contributed by atoms with E-state index in [1.807, 2.05) is 29.2 Å². The quantitative estimate of drug-likeness (QED) is 0.857. The highest BCUT2D eigenvalue weighted by molar-refractivity contribution is 5.94. The number of piperidine rings is 1. The third kappa shape index (κ3) is 3.61. The lowest BCUT2D eigenvalue weighted by Crippen LogP contribution is -2.42. The summed E-state index contributed by atoms with van der Waals surface area (Å²) >= 11 is 0. The molecule has 2 aliphatic heterocycles. The van der Waals surface area contributed by atoms with E-state index in [0.717, 1.165) is 50.1 Å². The maximum Gasteiger partial charge on any atom is 0.254 e. The lowest BCUT2D eigenvalue weighted by molar-refractivity contribution is 0.0631. The lowest BCUT2D eigenvalue weighted by Gasteiger charge is -2.33. The van der Waals surface area contributed by atoms with Gasteiger partial charge in [-0.2, -0.15) is 0 Å². The first-order chi connectivity index (χ1) is 10.7. The zero-order valence-corrected chi connectivity index (χ0v) is 13.3. The van der Waals surface area contributed by atoms with Gasteiger partial charge in [-0.15, -0.1) is 0 Å². The van der Waals surface area contributed by atoms with Crippen molar-refractivity contribution in [3.63, 3.8) is 0 Å². The molecule has 2 saturated heterocycles. The van der Waals surface area contributed by atoms with Crippen LogP contribution in [0, 0.1) is 0 Å². The van der Waals surface area contributed by atoms with Crippen LogP contribution in [0.25, 0.3) is 0 Å². The molecule has 0 saturated carbocycles. The van der Waals surface area contributed by atoms with Gasteiger partial charge in [-0.05, 0) is 57.2 Å². The Morgan fingerprint density at radius 3 is 3.00 bits per heavy atom. The molecule has 2 atom stereocenters. The molecule has 1 aromatic carbocycles. The van der Waals surface area contributed by atoms with Crippen LogP contribution in [-0.2, 0) is 4.74 Å². The van der Waals surface area contributed by atoms with Crippen LogP contribution in [0.2, 0.25) is 0 Å². The molecule has 0 N–H and O–H groups in total. The predicted octanol–water partition coefficient (Wildman–Crippen LogP) is 3.26. The maximum absolute atomic E-state index is 12.7. The van der Waals surface area contributed by atoms with Crippen molar-refractivity contribution >= 4 is 5.91 Å². The van der Waals surface area contributed by atoms with Gasteiger partial charge in [-0.1, -0.05) is 6.07 Å². The van der Waals surface area contributed by atoms with E-state index in [4.69, 9.17) is 9.47 Å². The van der Waals surface area contributed by atoms with Crippen molar-refractivity contribution in [1.29, 1.82) is 0 Å². The second-order valence-electron chi connectivity index (χ2n) is 6.32. The van der Waals surface area contributed by atoms with Gasteiger partial charge in [0.2, 0.25) is 0 Å². The van der Waals surface area contributed by atoms with Crippen molar-refractivity contribution in [2.45, 2.75) is 51.2 Å². The van der Waals surface area contributed by atoms with Crippen LogP contribution >= 0.6 is 0 Å². The molecule has 1 amide bonds. The molecule has 120 valence electrons. The van der Waals surface area contributed by atoms with E-state index in [-0.39, 0.29) is 12.0 Å². The van der Waals surface area contributed by atoms with E-state index in [9.17, 15) is 4.79 Å². The number of nitrogens with zero attached hydrogens (tertiary/aromatic N) is 1. The molecular formula is C18H25NO3. The van der Waals surface area contributed by atoms with E-state index in [2.05, 4.69) is 6.92 Å². The van der Waals surface area contributed by atoms with Crippen molar-refractivity contribution in [2.24, 2.45) is 0 Å². The molecule has 2 aliphatic rings. The Balaban J connectivity index is 1.63. The summed E-state index contributed by atoms with van der Waals surface area (Å²) in [7, 11) is 0. The third-order valence-electron chi connectivity index (χ3n) is 4.60. The average molecular weight is 303 g/mol. The van der Waals surface area contributed by atoms with Gasteiger partial charge < -0.3 is 14.4 Å². The second-order valence-corrected chi connectivity index (χ2v) is 6.32.